The first kappa shape index (κ1) is 21.1. The molecule has 3 aromatic rings. The van der Waals surface area contributed by atoms with Crippen molar-refractivity contribution in [2.24, 2.45) is 0 Å². The number of carboxylic acid groups (broad SMARTS) is 1. The van der Waals surface area contributed by atoms with Crippen molar-refractivity contribution in [3.8, 4) is 5.75 Å². The molecule has 2 aromatic carbocycles. The fourth-order valence-corrected chi connectivity index (χ4v) is 2.79. The fraction of sp³-hybridized carbons (Fsp3) is 0.217. The molecule has 0 radical (unpaired) electrons. The number of para-hydroxylation sites is 1. The summed E-state index contributed by atoms with van der Waals surface area (Å²) < 4.78 is 0. The minimum Gasteiger partial charge on any atom is -0.507 e. The average Bonchev–Trinajstić information content (AvgIpc) is 2.70. The Labute approximate surface area is 165 Å². The van der Waals surface area contributed by atoms with Crippen LogP contribution in [0.3, 0.4) is 0 Å². The van der Waals surface area contributed by atoms with Crippen LogP contribution in [0.2, 0.25) is 0 Å². The molecule has 1 unspecified atom stereocenters. The van der Waals surface area contributed by atoms with Crippen molar-refractivity contribution in [1.29, 1.82) is 0 Å². The Balaban J connectivity index is 0.000000237. The van der Waals surface area contributed by atoms with Crippen LogP contribution in [0.5, 0.6) is 5.75 Å². The Bertz CT molecular complexity index is 812. The van der Waals surface area contributed by atoms with E-state index in [1.165, 1.54) is 17.7 Å². The summed E-state index contributed by atoms with van der Waals surface area (Å²) in [5.74, 6) is -0.928. The number of hydrogen-bond acceptors (Lipinski definition) is 4. The topological polar surface area (TPSA) is 73.7 Å². The van der Waals surface area contributed by atoms with Gasteiger partial charge in [0, 0.05) is 17.8 Å². The van der Waals surface area contributed by atoms with E-state index in [0.717, 1.165) is 18.7 Å². The molecule has 0 amide bonds. The average molecular weight is 378 g/mol. The minimum absolute atomic E-state index is 0.0671. The van der Waals surface area contributed by atoms with Crippen LogP contribution in [0.15, 0.2) is 79.0 Å². The molecule has 0 saturated heterocycles. The second-order valence-corrected chi connectivity index (χ2v) is 6.63. The van der Waals surface area contributed by atoms with Crippen molar-refractivity contribution < 1.29 is 15.0 Å². The van der Waals surface area contributed by atoms with Gasteiger partial charge in [-0.3, -0.25) is 4.98 Å². The van der Waals surface area contributed by atoms with Crippen LogP contribution in [0, 0.1) is 0 Å². The second kappa shape index (κ2) is 10.8. The number of aromatic carboxylic acids is 1. The van der Waals surface area contributed by atoms with Gasteiger partial charge in [-0.25, -0.2) is 4.79 Å². The van der Waals surface area contributed by atoms with Gasteiger partial charge in [-0.1, -0.05) is 48.5 Å². The van der Waals surface area contributed by atoms with Gasteiger partial charge in [0.1, 0.15) is 11.3 Å². The normalized spacial score (nSPS) is 11.4. The van der Waals surface area contributed by atoms with Gasteiger partial charge in [0.05, 0.1) is 0 Å². The van der Waals surface area contributed by atoms with E-state index in [1.54, 1.807) is 12.1 Å². The largest absolute Gasteiger partial charge is 0.507 e. The molecular weight excluding hydrogens is 352 g/mol. The highest BCUT2D eigenvalue weighted by Gasteiger charge is 2.15. The Morgan fingerprint density at radius 2 is 1.61 bits per heavy atom. The first-order valence-corrected chi connectivity index (χ1v) is 9.11. The molecule has 0 aliphatic carbocycles. The molecule has 5 nitrogen and oxygen atoms in total. The first-order chi connectivity index (χ1) is 13.5. The highest BCUT2D eigenvalue weighted by molar-refractivity contribution is 5.90. The van der Waals surface area contributed by atoms with E-state index in [9.17, 15) is 4.79 Å². The third kappa shape index (κ3) is 6.52. The number of nitrogens with zero attached hydrogens (tertiary/aromatic N) is 2. The quantitative estimate of drug-likeness (QED) is 0.671. The number of phenols is 1. The van der Waals surface area contributed by atoms with E-state index in [2.05, 4.69) is 66.4 Å². The summed E-state index contributed by atoms with van der Waals surface area (Å²) in [6, 6.07) is 22.6. The lowest BCUT2D eigenvalue weighted by atomic mass is 9.92. The molecule has 0 spiro atoms. The van der Waals surface area contributed by atoms with Crippen LogP contribution in [0.4, 0.5) is 0 Å². The highest BCUT2D eigenvalue weighted by atomic mass is 16.4. The molecule has 146 valence electrons. The van der Waals surface area contributed by atoms with Crippen LogP contribution in [-0.2, 0) is 0 Å². The molecular formula is C23H26N2O3. The van der Waals surface area contributed by atoms with E-state index in [1.807, 2.05) is 12.3 Å². The molecule has 5 heteroatoms. The first-order valence-electron chi connectivity index (χ1n) is 9.11. The zero-order valence-electron chi connectivity index (χ0n) is 16.2. The van der Waals surface area contributed by atoms with Crippen molar-refractivity contribution in [2.45, 2.75) is 12.3 Å². The molecule has 3 rings (SSSR count). The predicted octanol–water partition coefficient (Wildman–Crippen LogP) is 4.26. The Kier molecular flexibility index (Phi) is 8.18. The van der Waals surface area contributed by atoms with Gasteiger partial charge >= 0.3 is 5.97 Å². The van der Waals surface area contributed by atoms with Crippen LogP contribution in [0.1, 0.15) is 34.0 Å². The molecule has 0 aliphatic rings. The third-order valence-corrected chi connectivity index (χ3v) is 4.25. The van der Waals surface area contributed by atoms with Gasteiger partial charge in [-0.2, -0.15) is 0 Å². The van der Waals surface area contributed by atoms with E-state index < -0.39 is 5.97 Å². The van der Waals surface area contributed by atoms with Gasteiger partial charge in [-0.15, -0.1) is 0 Å². The lowest BCUT2D eigenvalue weighted by Gasteiger charge is -2.19. The summed E-state index contributed by atoms with van der Waals surface area (Å²) in [6.45, 7) is 1.07. The van der Waals surface area contributed by atoms with Crippen LogP contribution in [0.25, 0.3) is 0 Å². The standard InChI is InChI=1S/C16H20N2.C7H6O3/c1-18(2)13-11-15(14-8-4-3-5-9-14)16-10-6-7-12-17-16;8-6-4-2-1-3-5(6)7(9)10/h3-10,12,15H,11,13H2,1-2H3;1-4,8H,(H,9,10). The summed E-state index contributed by atoms with van der Waals surface area (Å²) in [5.41, 5.74) is 2.44. The SMILES string of the molecule is CN(C)CCC(c1ccccc1)c1ccccn1.O=C(O)c1ccccc1O. The van der Waals surface area contributed by atoms with Crippen LogP contribution >= 0.6 is 0 Å². The molecule has 0 fully saturated rings. The minimum atomic E-state index is -1.11. The number of rotatable bonds is 6. The maximum atomic E-state index is 10.3. The molecule has 1 aromatic heterocycles. The van der Waals surface area contributed by atoms with E-state index in [0.29, 0.717) is 5.92 Å². The smallest absolute Gasteiger partial charge is 0.339 e. The summed E-state index contributed by atoms with van der Waals surface area (Å²) in [7, 11) is 4.22. The van der Waals surface area contributed by atoms with Crippen molar-refractivity contribution in [3.05, 3.63) is 95.8 Å². The number of hydrogen-bond donors (Lipinski definition) is 2. The molecule has 2 N–H and O–H groups in total. The molecule has 0 saturated carbocycles. The summed E-state index contributed by atoms with van der Waals surface area (Å²) >= 11 is 0. The second-order valence-electron chi connectivity index (χ2n) is 6.63. The maximum Gasteiger partial charge on any atom is 0.339 e. The molecule has 1 heterocycles. The van der Waals surface area contributed by atoms with Crippen molar-refractivity contribution in [1.82, 2.24) is 9.88 Å². The Morgan fingerprint density at radius 3 is 2.14 bits per heavy atom. The van der Waals surface area contributed by atoms with E-state index >= 15 is 0 Å². The lowest BCUT2D eigenvalue weighted by Crippen LogP contribution is -2.17. The Hall–Kier alpha value is -3.18. The summed E-state index contributed by atoms with van der Waals surface area (Å²) in [5, 5.41) is 17.3. The van der Waals surface area contributed by atoms with Gasteiger partial charge in [0.2, 0.25) is 0 Å². The molecule has 1 atom stereocenters. The molecule has 0 bridgehead atoms. The zero-order chi connectivity index (χ0) is 20.4. The van der Waals surface area contributed by atoms with Crippen LogP contribution in [-0.4, -0.2) is 46.7 Å². The van der Waals surface area contributed by atoms with E-state index in [-0.39, 0.29) is 11.3 Å². The van der Waals surface area contributed by atoms with Gasteiger partial charge in [0.25, 0.3) is 0 Å². The predicted molar refractivity (Wildman–Crippen MR) is 111 cm³/mol. The number of benzene rings is 2. The Morgan fingerprint density at radius 1 is 0.964 bits per heavy atom. The maximum absolute atomic E-state index is 10.3. The number of aromatic hydroxyl groups is 1. The number of pyridine rings is 1. The number of aromatic nitrogens is 1. The fourth-order valence-electron chi connectivity index (χ4n) is 2.79. The molecule has 28 heavy (non-hydrogen) atoms. The van der Waals surface area contributed by atoms with Crippen molar-refractivity contribution >= 4 is 5.97 Å². The summed E-state index contributed by atoms with van der Waals surface area (Å²) in [6.07, 6.45) is 2.97. The highest BCUT2D eigenvalue weighted by Crippen LogP contribution is 2.26. The van der Waals surface area contributed by atoms with Crippen molar-refractivity contribution in [3.63, 3.8) is 0 Å². The third-order valence-electron chi connectivity index (χ3n) is 4.25. The van der Waals surface area contributed by atoms with E-state index in [4.69, 9.17) is 10.2 Å². The van der Waals surface area contributed by atoms with Crippen LogP contribution < -0.4 is 0 Å². The molecule has 0 aliphatic heterocycles. The zero-order valence-corrected chi connectivity index (χ0v) is 16.2. The van der Waals surface area contributed by atoms with Gasteiger partial charge < -0.3 is 15.1 Å². The lowest BCUT2D eigenvalue weighted by molar-refractivity contribution is 0.0693. The number of carbonyl (C=O) groups is 1. The number of carboxylic acids is 1. The van der Waals surface area contributed by atoms with Gasteiger partial charge in [-0.05, 0) is 56.9 Å². The van der Waals surface area contributed by atoms with Crippen molar-refractivity contribution in [2.75, 3.05) is 20.6 Å². The summed E-state index contributed by atoms with van der Waals surface area (Å²) in [4.78, 5) is 17.0. The monoisotopic (exact) mass is 378 g/mol. The van der Waals surface area contributed by atoms with Gasteiger partial charge in [0.15, 0.2) is 0 Å².